The summed E-state index contributed by atoms with van der Waals surface area (Å²) in [6.45, 7) is 2.75. The minimum Gasteiger partial charge on any atom is -0.496 e. The molecular formula is C11H15N3O. The van der Waals surface area contributed by atoms with Crippen LogP contribution in [0.5, 0.6) is 0 Å². The summed E-state index contributed by atoms with van der Waals surface area (Å²) in [5, 5.41) is 0. The Kier molecular flexibility index (Phi) is 2.99. The van der Waals surface area contributed by atoms with Crippen LogP contribution in [0.2, 0.25) is 0 Å². The van der Waals surface area contributed by atoms with Crippen molar-refractivity contribution in [2.45, 2.75) is 19.4 Å². The van der Waals surface area contributed by atoms with Crippen molar-refractivity contribution in [3.63, 3.8) is 0 Å². The summed E-state index contributed by atoms with van der Waals surface area (Å²) >= 11 is 0. The van der Waals surface area contributed by atoms with Gasteiger partial charge in [-0.3, -0.25) is 10.8 Å². The third kappa shape index (κ3) is 2.00. The minimum atomic E-state index is -0.131. The molecule has 0 saturated heterocycles. The molecule has 80 valence electrons. The number of nitrogens with one attached hydrogen (secondary N) is 1. The number of hydrogen-bond acceptors (Lipinski definition) is 4. The molecule has 0 aliphatic carbocycles. The third-order valence-electron chi connectivity index (χ3n) is 2.51. The largest absolute Gasteiger partial charge is 0.496 e. The zero-order valence-electron chi connectivity index (χ0n) is 8.73. The summed E-state index contributed by atoms with van der Waals surface area (Å²) in [4.78, 5) is 4.33. The van der Waals surface area contributed by atoms with Gasteiger partial charge in [0.05, 0.1) is 12.3 Å². The van der Waals surface area contributed by atoms with Crippen molar-refractivity contribution in [1.29, 1.82) is 0 Å². The molecule has 0 aromatic carbocycles. The molecule has 15 heavy (non-hydrogen) atoms. The van der Waals surface area contributed by atoms with E-state index in [0.717, 1.165) is 30.0 Å². The van der Waals surface area contributed by atoms with Gasteiger partial charge in [-0.2, -0.15) is 0 Å². The number of hydrogen-bond donors (Lipinski definition) is 2. The van der Waals surface area contributed by atoms with Crippen LogP contribution in [0.4, 0.5) is 0 Å². The first kappa shape index (κ1) is 10.1. The van der Waals surface area contributed by atoms with E-state index in [0.29, 0.717) is 0 Å². The monoisotopic (exact) mass is 205 g/mol. The quantitative estimate of drug-likeness (QED) is 0.575. The van der Waals surface area contributed by atoms with Gasteiger partial charge in [0.1, 0.15) is 11.8 Å². The van der Waals surface area contributed by atoms with E-state index in [-0.39, 0.29) is 6.04 Å². The highest BCUT2D eigenvalue weighted by Gasteiger charge is 2.21. The summed E-state index contributed by atoms with van der Waals surface area (Å²) in [7, 11) is 0. The fourth-order valence-corrected chi connectivity index (χ4v) is 1.73. The molecule has 1 aliphatic rings. The van der Waals surface area contributed by atoms with Crippen molar-refractivity contribution in [3.8, 4) is 0 Å². The molecule has 0 radical (unpaired) electrons. The smallest absolute Gasteiger partial charge is 0.120 e. The Labute approximate surface area is 89.1 Å². The zero-order chi connectivity index (χ0) is 10.7. The number of ether oxygens (including phenoxy) is 1. The Morgan fingerprint density at radius 1 is 1.60 bits per heavy atom. The van der Waals surface area contributed by atoms with E-state index in [1.807, 2.05) is 19.1 Å². The molecule has 1 aromatic heterocycles. The molecule has 3 N–H and O–H groups in total. The van der Waals surface area contributed by atoms with Crippen LogP contribution in [0.1, 0.15) is 23.7 Å². The van der Waals surface area contributed by atoms with Crippen molar-refractivity contribution in [2.24, 2.45) is 5.84 Å². The minimum absolute atomic E-state index is 0.131. The number of nitrogens with two attached hydrogens (primary N) is 1. The van der Waals surface area contributed by atoms with Crippen molar-refractivity contribution in [3.05, 3.63) is 41.4 Å². The lowest BCUT2D eigenvalue weighted by molar-refractivity contribution is 0.214. The van der Waals surface area contributed by atoms with E-state index in [1.54, 1.807) is 6.20 Å². The van der Waals surface area contributed by atoms with Crippen LogP contribution < -0.4 is 11.3 Å². The van der Waals surface area contributed by atoms with Crippen LogP contribution in [0, 0.1) is 6.92 Å². The molecule has 0 fully saturated rings. The second-order valence-corrected chi connectivity index (χ2v) is 3.55. The Hall–Kier alpha value is -1.39. The van der Waals surface area contributed by atoms with E-state index in [4.69, 9.17) is 10.6 Å². The molecule has 1 aromatic rings. The average molecular weight is 205 g/mol. The standard InChI is InChI=1S/C11H15N3O/c1-8-4-2-6-13-10(8)11(14-12)9-5-3-7-15-9/h2,4-6,11,14H,3,7,12H2,1H3. The molecule has 0 saturated carbocycles. The normalized spacial score (nSPS) is 17.1. The van der Waals surface area contributed by atoms with Crippen LogP contribution in [0.15, 0.2) is 30.2 Å². The maximum atomic E-state index is 5.54. The molecule has 0 spiro atoms. The second kappa shape index (κ2) is 4.42. The lowest BCUT2D eigenvalue weighted by Gasteiger charge is -2.18. The molecule has 1 aliphatic heterocycles. The molecule has 0 amide bonds. The van der Waals surface area contributed by atoms with Crippen LogP contribution in [0.3, 0.4) is 0 Å². The Morgan fingerprint density at radius 3 is 3.07 bits per heavy atom. The molecule has 2 rings (SSSR count). The first-order valence-corrected chi connectivity index (χ1v) is 5.03. The number of rotatable bonds is 3. The van der Waals surface area contributed by atoms with Crippen molar-refractivity contribution in [1.82, 2.24) is 10.4 Å². The van der Waals surface area contributed by atoms with Gasteiger partial charge in [-0.1, -0.05) is 6.07 Å². The van der Waals surface area contributed by atoms with Crippen LogP contribution in [-0.4, -0.2) is 11.6 Å². The third-order valence-corrected chi connectivity index (χ3v) is 2.51. The fraction of sp³-hybridized carbons (Fsp3) is 0.364. The van der Waals surface area contributed by atoms with Gasteiger partial charge in [0.25, 0.3) is 0 Å². The van der Waals surface area contributed by atoms with E-state index in [2.05, 4.69) is 16.5 Å². The molecule has 1 atom stereocenters. The van der Waals surface area contributed by atoms with Gasteiger partial charge in [-0.25, -0.2) is 5.43 Å². The summed E-state index contributed by atoms with van der Waals surface area (Å²) in [5.41, 5.74) is 4.78. The maximum absolute atomic E-state index is 5.54. The van der Waals surface area contributed by atoms with Gasteiger partial charge in [0.2, 0.25) is 0 Å². The molecule has 2 heterocycles. The first-order chi connectivity index (χ1) is 7.33. The molecule has 4 nitrogen and oxygen atoms in total. The lowest BCUT2D eigenvalue weighted by Crippen LogP contribution is -2.30. The van der Waals surface area contributed by atoms with E-state index >= 15 is 0 Å². The number of aromatic nitrogens is 1. The second-order valence-electron chi connectivity index (χ2n) is 3.55. The zero-order valence-corrected chi connectivity index (χ0v) is 8.73. The number of pyridine rings is 1. The van der Waals surface area contributed by atoms with Gasteiger partial charge in [-0.15, -0.1) is 0 Å². The summed E-state index contributed by atoms with van der Waals surface area (Å²) < 4.78 is 5.49. The van der Waals surface area contributed by atoms with E-state index < -0.39 is 0 Å². The first-order valence-electron chi connectivity index (χ1n) is 5.03. The lowest BCUT2D eigenvalue weighted by atomic mass is 10.1. The summed E-state index contributed by atoms with van der Waals surface area (Å²) in [5.74, 6) is 6.42. The molecule has 4 heteroatoms. The highest BCUT2D eigenvalue weighted by atomic mass is 16.5. The predicted octanol–water partition coefficient (Wildman–Crippen LogP) is 1.20. The van der Waals surface area contributed by atoms with Gasteiger partial charge < -0.3 is 4.74 Å². The van der Waals surface area contributed by atoms with Crippen molar-refractivity contribution >= 4 is 0 Å². The highest BCUT2D eigenvalue weighted by molar-refractivity contribution is 5.27. The van der Waals surface area contributed by atoms with Gasteiger partial charge in [0, 0.05) is 12.6 Å². The Morgan fingerprint density at radius 2 is 2.47 bits per heavy atom. The van der Waals surface area contributed by atoms with Crippen LogP contribution >= 0.6 is 0 Å². The maximum Gasteiger partial charge on any atom is 0.120 e. The van der Waals surface area contributed by atoms with Crippen molar-refractivity contribution < 1.29 is 4.74 Å². The number of aryl methyl sites for hydroxylation is 1. The fourth-order valence-electron chi connectivity index (χ4n) is 1.73. The highest BCUT2D eigenvalue weighted by Crippen LogP contribution is 2.26. The van der Waals surface area contributed by atoms with Gasteiger partial charge in [0.15, 0.2) is 0 Å². The Bertz CT molecular complexity index is 376. The molecule has 1 unspecified atom stereocenters. The Balaban J connectivity index is 2.30. The average Bonchev–Trinajstić information content (AvgIpc) is 2.75. The van der Waals surface area contributed by atoms with E-state index in [1.165, 1.54) is 0 Å². The number of nitrogens with zero attached hydrogens (tertiary/aromatic N) is 1. The number of hydrazine groups is 1. The topological polar surface area (TPSA) is 60.2 Å². The van der Waals surface area contributed by atoms with Crippen molar-refractivity contribution in [2.75, 3.05) is 6.61 Å². The molecular weight excluding hydrogens is 190 g/mol. The van der Waals surface area contributed by atoms with Gasteiger partial charge >= 0.3 is 0 Å². The van der Waals surface area contributed by atoms with Gasteiger partial charge in [-0.05, 0) is 24.6 Å². The van der Waals surface area contributed by atoms with Crippen LogP contribution in [-0.2, 0) is 4.74 Å². The predicted molar refractivity (Wildman–Crippen MR) is 57.7 cm³/mol. The van der Waals surface area contributed by atoms with Crippen LogP contribution in [0.25, 0.3) is 0 Å². The SMILES string of the molecule is Cc1cccnc1C(NN)C1=CCCO1. The summed E-state index contributed by atoms with van der Waals surface area (Å²) in [6, 6.07) is 3.80. The molecule has 0 bridgehead atoms. The van der Waals surface area contributed by atoms with E-state index in [9.17, 15) is 0 Å². The summed E-state index contributed by atoms with van der Waals surface area (Å²) in [6.07, 6.45) is 4.76.